The van der Waals surface area contributed by atoms with E-state index in [0.29, 0.717) is 13.0 Å². The topological polar surface area (TPSA) is 116 Å². The van der Waals surface area contributed by atoms with Gasteiger partial charge in [-0.15, -0.1) is 0 Å². The van der Waals surface area contributed by atoms with Crippen LogP contribution in [0, 0.1) is 0 Å². The Hall–Kier alpha value is -2.90. The lowest BCUT2D eigenvalue weighted by Gasteiger charge is -2.22. The van der Waals surface area contributed by atoms with E-state index in [1.54, 1.807) is 24.3 Å². The number of benzene rings is 1. The summed E-state index contributed by atoms with van der Waals surface area (Å²) in [6.45, 7) is 1.59. The third-order valence-electron chi connectivity index (χ3n) is 4.30. The van der Waals surface area contributed by atoms with Crippen LogP contribution in [0.5, 0.6) is 0 Å². The zero-order valence-corrected chi connectivity index (χ0v) is 14.6. The van der Waals surface area contributed by atoms with Crippen LogP contribution in [0.2, 0.25) is 0 Å². The molecule has 8 nitrogen and oxygen atoms in total. The van der Waals surface area contributed by atoms with Crippen molar-refractivity contribution in [2.45, 2.75) is 38.3 Å². The predicted octanol–water partition coefficient (Wildman–Crippen LogP) is -0.0744. The maximum Gasteiger partial charge on any atom is 0.326 e. The molecule has 1 aromatic carbocycles. The maximum absolute atomic E-state index is 12.2. The zero-order valence-electron chi connectivity index (χ0n) is 14.6. The second kappa shape index (κ2) is 8.98. The fraction of sp³-hybridized carbons (Fsp3) is 0.444. The van der Waals surface area contributed by atoms with Gasteiger partial charge in [-0.3, -0.25) is 14.4 Å². The van der Waals surface area contributed by atoms with Gasteiger partial charge in [0.25, 0.3) is 0 Å². The molecule has 1 saturated heterocycles. The van der Waals surface area contributed by atoms with Crippen molar-refractivity contribution in [3.8, 4) is 0 Å². The predicted molar refractivity (Wildman–Crippen MR) is 93.1 cm³/mol. The van der Waals surface area contributed by atoms with E-state index in [1.807, 2.05) is 6.07 Å². The Morgan fingerprint density at radius 3 is 2.54 bits per heavy atom. The van der Waals surface area contributed by atoms with Crippen molar-refractivity contribution in [3.05, 3.63) is 35.9 Å². The molecule has 0 aromatic heterocycles. The SMILES string of the molecule is CC(=O)N1CCCC1C(=O)NCC(=O)NC(Cc1ccccc1)C(=O)O. The Labute approximate surface area is 151 Å². The van der Waals surface area contributed by atoms with Gasteiger partial charge in [-0.05, 0) is 18.4 Å². The summed E-state index contributed by atoms with van der Waals surface area (Å²) >= 11 is 0. The molecular formula is C18H23N3O5. The lowest BCUT2D eigenvalue weighted by Crippen LogP contribution is -2.50. The summed E-state index contributed by atoms with van der Waals surface area (Å²) in [5.74, 6) is -2.31. The summed E-state index contributed by atoms with van der Waals surface area (Å²) in [5.41, 5.74) is 0.785. The molecule has 1 aliphatic rings. The molecule has 1 aromatic rings. The Morgan fingerprint density at radius 1 is 1.23 bits per heavy atom. The second-order valence-electron chi connectivity index (χ2n) is 6.24. The van der Waals surface area contributed by atoms with Crippen molar-refractivity contribution in [2.24, 2.45) is 0 Å². The number of carbonyl (C=O) groups excluding carboxylic acids is 3. The zero-order chi connectivity index (χ0) is 19.1. The third-order valence-corrected chi connectivity index (χ3v) is 4.30. The first kappa shape index (κ1) is 19.4. The van der Waals surface area contributed by atoms with Gasteiger partial charge in [-0.25, -0.2) is 4.79 Å². The van der Waals surface area contributed by atoms with Crippen LogP contribution in [-0.4, -0.2) is 58.9 Å². The van der Waals surface area contributed by atoms with Crippen LogP contribution in [0.3, 0.4) is 0 Å². The Balaban J connectivity index is 1.85. The highest BCUT2D eigenvalue weighted by Crippen LogP contribution is 2.17. The fourth-order valence-electron chi connectivity index (χ4n) is 3.00. The van der Waals surface area contributed by atoms with E-state index < -0.39 is 29.9 Å². The lowest BCUT2D eigenvalue weighted by molar-refractivity contribution is -0.142. The van der Waals surface area contributed by atoms with Gasteiger partial charge < -0.3 is 20.6 Å². The smallest absolute Gasteiger partial charge is 0.326 e. The number of carbonyl (C=O) groups is 4. The number of carboxylic acid groups (broad SMARTS) is 1. The van der Waals surface area contributed by atoms with E-state index >= 15 is 0 Å². The first-order valence-corrected chi connectivity index (χ1v) is 8.49. The van der Waals surface area contributed by atoms with Gasteiger partial charge in [0.2, 0.25) is 17.7 Å². The summed E-state index contributed by atoms with van der Waals surface area (Å²) in [4.78, 5) is 48.5. The molecule has 0 saturated carbocycles. The number of rotatable bonds is 7. The molecule has 2 atom stereocenters. The molecule has 0 bridgehead atoms. The molecule has 3 N–H and O–H groups in total. The maximum atomic E-state index is 12.2. The van der Waals surface area contributed by atoms with Gasteiger partial charge in [0.15, 0.2) is 0 Å². The molecule has 1 fully saturated rings. The van der Waals surface area contributed by atoms with Crippen molar-refractivity contribution in [3.63, 3.8) is 0 Å². The van der Waals surface area contributed by atoms with E-state index in [9.17, 15) is 24.3 Å². The van der Waals surface area contributed by atoms with E-state index in [2.05, 4.69) is 10.6 Å². The average molecular weight is 361 g/mol. The van der Waals surface area contributed by atoms with Gasteiger partial charge >= 0.3 is 5.97 Å². The van der Waals surface area contributed by atoms with Crippen LogP contribution >= 0.6 is 0 Å². The van der Waals surface area contributed by atoms with Gasteiger partial charge in [0, 0.05) is 19.9 Å². The summed E-state index contributed by atoms with van der Waals surface area (Å²) in [6.07, 6.45) is 1.44. The molecule has 26 heavy (non-hydrogen) atoms. The van der Waals surface area contributed by atoms with Crippen molar-refractivity contribution < 1.29 is 24.3 Å². The number of likely N-dealkylation sites (tertiary alicyclic amines) is 1. The number of hydrogen-bond donors (Lipinski definition) is 3. The second-order valence-corrected chi connectivity index (χ2v) is 6.24. The normalized spacial score (nSPS) is 17.4. The molecule has 1 heterocycles. The molecule has 3 amide bonds. The number of carboxylic acids is 1. The quantitative estimate of drug-likeness (QED) is 0.628. The number of hydrogen-bond acceptors (Lipinski definition) is 4. The first-order valence-electron chi connectivity index (χ1n) is 8.49. The minimum Gasteiger partial charge on any atom is -0.480 e. The monoisotopic (exact) mass is 361 g/mol. The van der Waals surface area contributed by atoms with Crippen molar-refractivity contribution in [1.29, 1.82) is 0 Å². The Morgan fingerprint density at radius 2 is 1.92 bits per heavy atom. The summed E-state index contributed by atoms with van der Waals surface area (Å²) in [7, 11) is 0. The van der Waals surface area contributed by atoms with Gasteiger partial charge in [-0.2, -0.15) is 0 Å². The fourth-order valence-corrected chi connectivity index (χ4v) is 3.00. The summed E-state index contributed by atoms with van der Waals surface area (Å²) in [5, 5.41) is 14.2. The number of aliphatic carboxylic acids is 1. The average Bonchev–Trinajstić information content (AvgIpc) is 3.10. The van der Waals surface area contributed by atoms with Crippen molar-refractivity contribution >= 4 is 23.7 Å². The summed E-state index contributed by atoms with van der Waals surface area (Å²) < 4.78 is 0. The largest absolute Gasteiger partial charge is 0.480 e. The molecule has 2 rings (SSSR count). The van der Waals surface area contributed by atoms with Crippen LogP contribution < -0.4 is 10.6 Å². The molecule has 2 unspecified atom stereocenters. The van der Waals surface area contributed by atoms with Gasteiger partial charge in [0.1, 0.15) is 12.1 Å². The number of amides is 3. The van der Waals surface area contributed by atoms with E-state index in [1.165, 1.54) is 11.8 Å². The highest BCUT2D eigenvalue weighted by molar-refractivity contribution is 5.91. The van der Waals surface area contributed by atoms with E-state index in [4.69, 9.17) is 0 Å². The van der Waals surface area contributed by atoms with Crippen LogP contribution in [-0.2, 0) is 25.6 Å². The van der Waals surface area contributed by atoms with Crippen LogP contribution in [0.25, 0.3) is 0 Å². The number of nitrogens with zero attached hydrogens (tertiary/aromatic N) is 1. The summed E-state index contributed by atoms with van der Waals surface area (Å²) in [6, 6.07) is 7.31. The van der Waals surface area contributed by atoms with Crippen molar-refractivity contribution in [1.82, 2.24) is 15.5 Å². The van der Waals surface area contributed by atoms with E-state index in [0.717, 1.165) is 12.0 Å². The molecule has 0 aliphatic carbocycles. The third kappa shape index (κ3) is 5.30. The Kier molecular flexibility index (Phi) is 6.71. The van der Waals surface area contributed by atoms with E-state index in [-0.39, 0.29) is 18.9 Å². The molecule has 8 heteroatoms. The van der Waals surface area contributed by atoms with Crippen LogP contribution in [0.4, 0.5) is 0 Å². The standard InChI is InChI=1S/C18H23N3O5/c1-12(22)21-9-5-8-15(21)17(24)19-11-16(23)20-14(18(25)26)10-13-6-3-2-4-7-13/h2-4,6-7,14-15H,5,8-11H2,1H3,(H,19,24)(H,20,23)(H,25,26). The molecule has 0 radical (unpaired) electrons. The minimum atomic E-state index is -1.15. The Bertz CT molecular complexity index is 677. The van der Waals surface area contributed by atoms with Crippen molar-refractivity contribution in [2.75, 3.05) is 13.1 Å². The molecule has 140 valence electrons. The molecular weight excluding hydrogens is 338 g/mol. The van der Waals surface area contributed by atoms with Crippen LogP contribution in [0.15, 0.2) is 30.3 Å². The lowest BCUT2D eigenvalue weighted by atomic mass is 10.1. The first-order chi connectivity index (χ1) is 12.4. The van der Waals surface area contributed by atoms with Gasteiger partial charge in [-0.1, -0.05) is 30.3 Å². The van der Waals surface area contributed by atoms with Crippen LogP contribution in [0.1, 0.15) is 25.3 Å². The van der Waals surface area contributed by atoms with Gasteiger partial charge in [0.05, 0.1) is 6.54 Å². The molecule has 0 spiro atoms. The highest BCUT2D eigenvalue weighted by atomic mass is 16.4. The number of nitrogens with one attached hydrogen (secondary N) is 2. The highest BCUT2D eigenvalue weighted by Gasteiger charge is 2.32. The minimum absolute atomic E-state index is 0.149. The molecule has 1 aliphatic heterocycles.